The van der Waals surface area contributed by atoms with Crippen molar-refractivity contribution < 1.29 is 22.8 Å². The highest BCUT2D eigenvalue weighted by Gasteiger charge is 2.33. The average Bonchev–Trinajstić information content (AvgIpc) is 3.22. The van der Waals surface area contributed by atoms with Gasteiger partial charge in [-0.05, 0) is 43.3 Å². The molecule has 6 nitrogen and oxygen atoms in total. The van der Waals surface area contributed by atoms with Crippen LogP contribution in [0.15, 0.2) is 65.4 Å². The fraction of sp³-hybridized carbons (Fsp3) is 0.190. The topological polar surface area (TPSA) is 67.2 Å². The second kappa shape index (κ2) is 9.34. The van der Waals surface area contributed by atoms with Crippen LogP contribution in [0.3, 0.4) is 0 Å². The van der Waals surface area contributed by atoms with Crippen LogP contribution in [-0.4, -0.2) is 39.6 Å². The molecule has 0 fully saturated rings. The van der Waals surface area contributed by atoms with E-state index in [0.717, 1.165) is 16.2 Å². The molecular formula is C21H18BrF3N4O2. The van der Waals surface area contributed by atoms with Crippen LogP contribution in [0.4, 0.5) is 18.9 Å². The molecule has 0 aliphatic carbocycles. The fourth-order valence-corrected chi connectivity index (χ4v) is 3.14. The highest BCUT2D eigenvalue weighted by Crippen LogP contribution is 2.34. The van der Waals surface area contributed by atoms with Crippen molar-refractivity contribution >= 4 is 33.4 Å². The van der Waals surface area contributed by atoms with Gasteiger partial charge in [0.15, 0.2) is 0 Å². The van der Waals surface area contributed by atoms with Crippen molar-refractivity contribution in [1.82, 2.24) is 14.7 Å². The van der Waals surface area contributed by atoms with Crippen molar-refractivity contribution in [2.45, 2.75) is 13.1 Å². The molecule has 10 heteroatoms. The van der Waals surface area contributed by atoms with E-state index in [1.165, 1.54) is 40.2 Å². The predicted octanol–water partition coefficient (Wildman–Crippen LogP) is 4.75. The Balaban J connectivity index is 1.71. The van der Waals surface area contributed by atoms with Crippen LogP contribution in [-0.2, 0) is 11.0 Å². The molecule has 0 saturated carbocycles. The summed E-state index contributed by atoms with van der Waals surface area (Å²) in [5.74, 6) is -1.18. The van der Waals surface area contributed by atoms with E-state index >= 15 is 0 Å². The summed E-state index contributed by atoms with van der Waals surface area (Å²) < 4.78 is 41.8. The van der Waals surface area contributed by atoms with Crippen LogP contribution in [0.1, 0.15) is 22.8 Å². The van der Waals surface area contributed by atoms with Crippen LogP contribution in [0.25, 0.3) is 5.69 Å². The molecule has 0 unspecified atom stereocenters. The molecule has 0 atom stereocenters. The van der Waals surface area contributed by atoms with Crippen molar-refractivity contribution in [3.63, 3.8) is 0 Å². The first kappa shape index (κ1) is 22.5. The van der Waals surface area contributed by atoms with E-state index in [1.807, 2.05) is 24.3 Å². The highest BCUT2D eigenvalue weighted by molar-refractivity contribution is 9.10. The van der Waals surface area contributed by atoms with E-state index in [-0.39, 0.29) is 17.8 Å². The average molecular weight is 495 g/mol. The zero-order chi connectivity index (χ0) is 22.6. The van der Waals surface area contributed by atoms with Gasteiger partial charge in [-0.2, -0.15) is 18.3 Å². The maximum atomic E-state index is 13.1. The molecule has 0 bridgehead atoms. The van der Waals surface area contributed by atoms with Gasteiger partial charge < -0.3 is 10.2 Å². The smallest absolute Gasteiger partial charge is 0.330 e. The number of hydrogen-bond acceptors (Lipinski definition) is 3. The number of halogens is 4. The normalized spacial score (nSPS) is 11.3. The van der Waals surface area contributed by atoms with Crippen LogP contribution in [0, 0.1) is 0 Å². The van der Waals surface area contributed by atoms with Gasteiger partial charge in [-0.3, -0.25) is 9.59 Å². The van der Waals surface area contributed by atoms with Gasteiger partial charge in [-0.1, -0.05) is 28.1 Å². The van der Waals surface area contributed by atoms with E-state index in [1.54, 1.807) is 6.92 Å². The quantitative estimate of drug-likeness (QED) is 0.537. The van der Waals surface area contributed by atoms with Gasteiger partial charge in [0.1, 0.15) is 6.54 Å². The minimum Gasteiger partial charge on any atom is -0.330 e. The third-order valence-electron chi connectivity index (χ3n) is 4.43. The number of hydrogen-bond donors (Lipinski definition) is 1. The van der Waals surface area contributed by atoms with Gasteiger partial charge in [0.25, 0.3) is 5.91 Å². The summed E-state index contributed by atoms with van der Waals surface area (Å²) >= 11 is 3.35. The highest BCUT2D eigenvalue weighted by atomic mass is 79.9. The first-order valence-corrected chi connectivity index (χ1v) is 10.0. The zero-order valence-electron chi connectivity index (χ0n) is 16.4. The standard InChI is InChI=1S/C21H18BrF3N4O2/c1-2-28(13-19(30)27-18-6-4-3-5-17(18)21(23,24)25)20(31)14-11-26-29(12-14)16-9-7-15(22)8-10-16/h3-12H,2,13H2,1H3,(H,27,30). The first-order valence-electron chi connectivity index (χ1n) is 9.25. The number of carbonyl (C=O) groups excluding carboxylic acids is 2. The Morgan fingerprint density at radius 2 is 1.81 bits per heavy atom. The molecule has 0 aliphatic rings. The molecule has 0 saturated heterocycles. The number of alkyl halides is 3. The van der Waals surface area contributed by atoms with E-state index < -0.39 is 30.1 Å². The molecule has 31 heavy (non-hydrogen) atoms. The summed E-state index contributed by atoms with van der Waals surface area (Å²) in [5.41, 5.74) is -0.305. The minimum atomic E-state index is -4.61. The molecule has 2 aromatic carbocycles. The van der Waals surface area contributed by atoms with E-state index in [4.69, 9.17) is 0 Å². The predicted molar refractivity (Wildman–Crippen MR) is 113 cm³/mol. The number of para-hydroxylation sites is 1. The summed E-state index contributed by atoms with van der Waals surface area (Å²) in [5, 5.41) is 6.41. The van der Waals surface area contributed by atoms with Crippen LogP contribution >= 0.6 is 15.9 Å². The fourth-order valence-electron chi connectivity index (χ4n) is 2.88. The van der Waals surface area contributed by atoms with Gasteiger partial charge in [0.2, 0.25) is 5.91 Å². The van der Waals surface area contributed by atoms with Gasteiger partial charge in [-0.25, -0.2) is 4.68 Å². The van der Waals surface area contributed by atoms with Crippen LogP contribution in [0.2, 0.25) is 0 Å². The maximum absolute atomic E-state index is 13.1. The molecule has 0 spiro atoms. The van der Waals surface area contributed by atoms with Gasteiger partial charge in [-0.15, -0.1) is 0 Å². The summed E-state index contributed by atoms with van der Waals surface area (Å²) in [6.45, 7) is 1.47. The van der Waals surface area contributed by atoms with Crippen molar-refractivity contribution in [2.24, 2.45) is 0 Å². The second-order valence-corrected chi connectivity index (χ2v) is 7.48. The number of nitrogens with one attached hydrogen (secondary N) is 1. The lowest BCUT2D eigenvalue weighted by Crippen LogP contribution is -2.38. The Bertz CT molecular complexity index is 1080. The van der Waals surface area contributed by atoms with Crippen molar-refractivity contribution in [2.75, 3.05) is 18.4 Å². The van der Waals surface area contributed by atoms with E-state index in [2.05, 4.69) is 26.3 Å². The number of likely N-dealkylation sites (N-methyl/N-ethyl adjacent to an activating group) is 1. The Morgan fingerprint density at radius 1 is 1.13 bits per heavy atom. The van der Waals surface area contributed by atoms with Crippen molar-refractivity contribution in [3.8, 4) is 5.69 Å². The SMILES string of the molecule is CCN(CC(=O)Nc1ccccc1C(F)(F)F)C(=O)c1cnn(-c2ccc(Br)cc2)c1. The van der Waals surface area contributed by atoms with Gasteiger partial charge >= 0.3 is 6.18 Å². The number of benzene rings is 2. The minimum absolute atomic E-state index is 0.191. The molecule has 0 aliphatic heterocycles. The Labute approximate surface area is 184 Å². The van der Waals surface area contributed by atoms with Gasteiger partial charge in [0.05, 0.1) is 28.7 Å². The molecule has 1 aromatic heterocycles. The number of amides is 2. The lowest BCUT2D eigenvalue weighted by atomic mass is 10.1. The van der Waals surface area contributed by atoms with Crippen LogP contribution < -0.4 is 5.32 Å². The number of anilines is 1. The summed E-state index contributed by atoms with van der Waals surface area (Å²) in [4.78, 5) is 26.4. The number of carbonyl (C=O) groups is 2. The third-order valence-corrected chi connectivity index (χ3v) is 4.96. The number of aromatic nitrogens is 2. The molecule has 1 N–H and O–H groups in total. The molecule has 2 amide bonds. The number of rotatable bonds is 6. The van der Waals surface area contributed by atoms with Gasteiger partial charge in [0, 0.05) is 17.2 Å². The molecule has 3 aromatic rings. The largest absolute Gasteiger partial charge is 0.418 e. The second-order valence-electron chi connectivity index (χ2n) is 6.56. The Hall–Kier alpha value is -3.14. The van der Waals surface area contributed by atoms with Crippen LogP contribution in [0.5, 0.6) is 0 Å². The molecule has 3 rings (SSSR count). The van der Waals surface area contributed by atoms with E-state index in [0.29, 0.717) is 0 Å². The molecular weight excluding hydrogens is 477 g/mol. The lowest BCUT2D eigenvalue weighted by Gasteiger charge is -2.20. The summed E-state index contributed by atoms with van der Waals surface area (Å²) in [6.07, 6.45) is -1.69. The molecule has 1 heterocycles. The third kappa shape index (κ3) is 5.52. The maximum Gasteiger partial charge on any atom is 0.418 e. The first-order chi connectivity index (χ1) is 14.7. The summed E-state index contributed by atoms with van der Waals surface area (Å²) in [6, 6.07) is 12.0. The molecule has 0 radical (unpaired) electrons. The van der Waals surface area contributed by atoms with E-state index in [9.17, 15) is 22.8 Å². The monoisotopic (exact) mass is 494 g/mol. The summed E-state index contributed by atoms with van der Waals surface area (Å²) in [7, 11) is 0. The number of nitrogens with zero attached hydrogens (tertiary/aromatic N) is 3. The Kier molecular flexibility index (Phi) is 6.79. The lowest BCUT2D eigenvalue weighted by molar-refractivity contribution is -0.137. The van der Waals surface area contributed by atoms with Crippen molar-refractivity contribution in [3.05, 3.63) is 76.5 Å². The molecule has 162 valence electrons. The Morgan fingerprint density at radius 3 is 2.45 bits per heavy atom. The van der Waals surface area contributed by atoms with Crippen molar-refractivity contribution in [1.29, 1.82) is 0 Å². The zero-order valence-corrected chi connectivity index (χ0v) is 17.9.